The maximum absolute atomic E-state index is 12.9. The molecule has 34 heavy (non-hydrogen) atoms. The number of nitrogens with zero attached hydrogens (tertiary/aromatic N) is 1. The van der Waals surface area contributed by atoms with Gasteiger partial charge in [-0.15, -0.1) is 0 Å². The molecule has 1 aliphatic rings. The molecule has 0 aromatic heterocycles. The summed E-state index contributed by atoms with van der Waals surface area (Å²) >= 11 is 0. The average Bonchev–Trinajstić information content (AvgIpc) is 2.80. The maximum Gasteiger partial charge on any atom is 0.410 e. The molecule has 184 valence electrons. The number of hydrogen-bond acceptors (Lipinski definition) is 6. The number of hydrogen-bond donors (Lipinski definition) is 0. The normalized spacial score (nSPS) is 20.6. The highest BCUT2D eigenvalue weighted by Gasteiger charge is 2.42. The fourth-order valence-corrected chi connectivity index (χ4v) is 3.87. The monoisotopic (exact) mass is 469 g/mol. The van der Waals surface area contributed by atoms with Crippen molar-refractivity contribution in [2.45, 2.75) is 58.7 Å². The number of esters is 1. The molecule has 1 saturated heterocycles. The zero-order valence-corrected chi connectivity index (χ0v) is 20.4. The molecule has 0 aliphatic carbocycles. The third-order valence-electron chi connectivity index (χ3n) is 5.43. The van der Waals surface area contributed by atoms with Crippen LogP contribution in [0.5, 0.6) is 0 Å². The van der Waals surface area contributed by atoms with Gasteiger partial charge >= 0.3 is 12.1 Å². The number of benzene rings is 2. The molecule has 7 nitrogen and oxygen atoms in total. The van der Waals surface area contributed by atoms with Crippen LogP contribution in [0, 0.1) is 5.92 Å². The Bertz CT molecular complexity index is 912. The Morgan fingerprint density at radius 3 is 1.97 bits per heavy atom. The highest BCUT2D eigenvalue weighted by Crippen LogP contribution is 2.27. The smallest absolute Gasteiger partial charge is 0.410 e. The molecule has 0 bridgehead atoms. The predicted molar refractivity (Wildman–Crippen MR) is 128 cm³/mol. The quantitative estimate of drug-likeness (QED) is 0.527. The molecule has 0 saturated carbocycles. The molecular formula is C27H35NO6. The second-order valence-corrected chi connectivity index (χ2v) is 9.54. The first-order valence-corrected chi connectivity index (χ1v) is 11.6. The lowest BCUT2D eigenvalue weighted by molar-refractivity contribution is -0.162. The second kappa shape index (κ2) is 12.0. The largest absolute Gasteiger partial charge is 0.465 e. The van der Waals surface area contributed by atoms with E-state index in [9.17, 15) is 9.59 Å². The molecule has 2 aromatic rings. The SMILES string of the molecule is CC(=O)OC[C@H]1CN(C(=O)OC(C)(C)C)C[C@@H](OCc2ccccc2)[C@H]1OCc1ccccc1. The third kappa shape index (κ3) is 8.15. The van der Waals surface area contributed by atoms with Crippen molar-refractivity contribution in [1.29, 1.82) is 0 Å². The third-order valence-corrected chi connectivity index (χ3v) is 5.43. The fraction of sp³-hybridized carbons (Fsp3) is 0.481. The second-order valence-electron chi connectivity index (χ2n) is 9.54. The van der Waals surface area contributed by atoms with Gasteiger partial charge in [-0.2, -0.15) is 0 Å². The minimum Gasteiger partial charge on any atom is -0.465 e. The summed E-state index contributed by atoms with van der Waals surface area (Å²) in [5.41, 5.74) is 1.43. The number of carbonyl (C=O) groups excluding carboxylic acids is 2. The van der Waals surface area contributed by atoms with Crippen LogP contribution in [0.3, 0.4) is 0 Å². The van der Waals surface area contributed by atoms with Crippen LogP contribution in [0.1, 0.15) is 38.8 Å². The summed E-state index contributed by atoms with van der Waals surface area (Å²) in [5.74, 6) is -0.646. The van der Waals surface area contributed by atoms with Gasteiger partial charge < -0.3 is 23.8 Å². The Kier molecular flexibility index (Phi) is 9.07. The number of carbonyl (C=O) groups is 2. The van der Waals surface area contributed by atoms with Crippen LogP contribution in [0.15, 0.2) is 60.7 Å². The Hall–Kier alpha value is -2.90. The number of amides is 1. The van der Waals surface area contributed by atoms with Gasteiger partial charge in [0.1, 0.15) is 11.7 Å². The van der Waals surface area contributed by atoms with E-state index < -0.39 is 17.8 Å². The summed E-state index contributed by atoms with van der Waals surface area (Å²) in [5, 5.41) is 0. The molecule has 0 spiro atoms. The molecule has 1 heterocycles. The Morgan fingerprint density at radius 2 is 1.44 bits per heavy atom. The molecule has 0 unspecified atom stereocenters. The lowest BCUT2D eigenvalue weighted by Crippen LogP contribution is -2.57. The van der Waals surface area contributed by atoms with Gasteiger partial charge in [-0.3, -0.25) is 4.79 Å². The van der Waals surface area contributed by atoms with Gasteiger partial charge in [-0.1, -0.05) is 60.7 Å². The molecule has 2 aromatic carbocycles. The number of likely N-dealkylation sites (tertiary alicyclic amines) is 1. The molecule has 1 fully saturated rings. The van der Waals surface area contributed by atoms with Crippen LogP contribution in [0.4, 0.5) is 4.79 Å². The summed E-state index contributed by atoms with van der Waals surface area (Å²) in [6.07, 6.45) is -1.22. The van der Waals surface area contributed by atoms with Gasteiger partial charge in [0.2, 0.25) is 0 Å². The van der Waals surface area contributed by atoms with Crippen LogP contribution in [-0.2, 0) is 37.0 Å². The maximum atomic E-state index is 12.9. The van der Waals surface area contributed by atoms with Crippen molar-refractivity contribution >= 4 is 12.1 Å². The molecule has 3 atom stereocenters. The van der Waals surface area contributed by atoms with Crippen LogP contribution < -0.4 is 0 Å². The first-order chi connectivity index (χ1) is 16.2. The summed E-state index contributed by atoms with van der Waals surface area (Å²) in [6.45, 7) is 8.42. The van der Waals surface area contributed by atoms with Crippen molar-refractivity contribution in [2.75, 3.05) is 19.7 Å². The van der Waals surface area contributed by atoms with Crippen molar-refractivity contribution < 1.29 is 28.5 Å². The van der Waals surface area contributed by atoms with E-state index in [-0.39, 0.29) is 24.6 Å². The van der Waals surface area contributed by atoms with E-state index in [1.165, 1.54) is 6.92 Å². The first kappa shape index (κ1) is 25.7. The number of rotatable bonds is 8. The lowest BCUT2D eigenvalue weighted by atomic mass is 9.92. The molecule has 0 radical (unpaired) electrons. The van der Waals surface area contributed by atoms with E-state index in [2.05, 4.69) is 0 Å². The Labute approximate surface area is 201 Å². The first-order valence-electron chi connectivity index (χ1n) is 11.6. The highest BCUT2D eigenvalue weighted by atomic mass is 16.6. The van der Waals surface area contributed by atoms with Crippen molar-refractivity contribution in [2.24, 2.45) is 5.92 Å². The number of piperidine rings is 1. The van der Waals surface area contributed by atoms with E-state index in [4.69, 9.17) is 18.9 Å². The summed E-state index contributed by atoms with van der Waals surface area (Å²) in [7, 11) is 0. The summed E-state index contributed by atoms with van der Waals surface area (Å²) in [4.78, 5) is 26.1. The van der Waals surface area contributed by atoms with E-state index in [0.29, 0.717) is 26.3 Å². The Balaban J connectivity index is 1.80. The van der Waals surface area contributed by atoms with Gasteiger partial charge in [-0.05, 0) is 31.9 Å². The van der Waals surface area contributed by atoms with Crippen molar-refractivity contribution in [3.63, 3.8) is 0 Å². The van der Waals surface area contributed by atoms with Crippen LogP contribution in [-0.4, -0.2) is 54.5 Å². The summed E-state index contributed by atoms with van der Waals surface area (Å²) < 4.78 is 23.6. The van der Waals surface area contributed by atoms with Crippen LogP contribution in [0.25, 0.3) is 0 Å². The summed E-state index contributed by atoms with van der Waals surface area (Å²) in [6, 6.07) is 19.7. The minimum atomic E-state index is -0.622. The van der Waals surface area contributed by atoms with Crippen LogP contribution >= 0.6 is 0 Å². The van der Waals surface area contributed by atoms with Gasteiger partial charge in [0.25, 0.3) is 0 Å². The molecule has 1 amide bonds. The number of ether oxygens (including phenoxy) is 4. The zero-order chi connectivity index (χ0) is 24.6. The average molecular weight is 470 g/mol. The molecule has 1 aliphatic heterocycles. The van der Waals surface area contributed by atoms with Crippen molar-refractivity contribution in [3.8, 4) is 0 Å². The lowest BCUT2D eigenvalue weighted by Gasteiger charge is -2.43. The van der Waals surface area contributed by atoms with E-state index in [1.807, 2.05) is 81.4 Å². The molecule has 3 rings (SSSR count). The van der Waals surface area contributed by atoms with E-state index in [0.717, 1.165) is 11.1 Å². The minimum absolute atomic E-state index is 0.124. The highest BCUT2D eigenvalue weighted by molar-refractivity contribution is 5.68. The van der Waals surface area contributed by atoms with E-state index in [1.54, 1.807) is 4.90 Å². The molecule has 0 N–H and O–H groups in total. The standard InChI is InChI=1S/C27H35NO6/c1-20(29)31-19-23-15-28(26(30)34-27(2,3)4)16-24(32-17-21-11-7-5-8-12-21)25(23)33-18-22-13-9-6-10-14-22/h5-14,23-25H,15-19H2,1-4H3/t23-,24-,25+/m1/s1. The van der Waals surface area contributed by atoms with Crippen molar-refractivity contribution in [1.82, 2.24) is 4.90 Å². The van der Waals surface area contributed by atoms with E-state index >= 15 is 0 Å². The Morgan fingerprint density at radius 1 is 0.882 bits per heavy atom. The van der Waals surface area contributed by atoms with Gasteiger partial charge in [0, 0.05) is 19.4 Å². The van der Waals surface area contributed by atoms with Crippen molar-refractivity contribution in [3.05, 3.63) is 71.8 Å². The topological polar surface area (TPSA) is 74.3 Å². The fourth-order valence-electron chi connectivity index (χ4n) is 3.87. The molecular weight excluding hydrogens is 434 g/mol. The zero-order valence-electron chi connectivity index (χ0n) is 20.4. The van der Waals surface area contributed by atoms with Gasteiger partial charge in [0.05, 0.1) is 32.5 Å². The van der Waals surface area contributed by atoms with Crippen LogP contribution in [0.2, 0.25) is 0 Å². The molecule has 7 heteroatoms. The predicted octanol–water partition coefficient (Wildman–Crippen LogP) is 4.59. The van der Waals surface area contributed by atoms with Gasteiger partial charge in [0.15, 0.2) is 0 Å². The van der Waals surface area contributed by atoms with Gasteiger partial charge in [-0.25, -0.2) is 4.79 Å².